The standard InChI is InChI=1S/C20H23F2N3O2S/c1-3-8-24-19-6-5-16(11-15(19)4-7-20(24)26)23-28-25(27)12-14-9-17(21)13(2)18(22)10-14/h5-6,9-11,23,27H,3-4,7-8,12H2,1-2H3. The quantitative estimate of drug-likeness (QED) is 0.509. The lowest BCUT2D eigenvalue weighted by Gasteiger charge is -2.29. The number of carbonyl (C=O) groups is 1. The fourth-order valence-electron chi connectivity index (χ4n) is 3.18. The molecule has 1 aliphatic rings. The van der Waals surface area contributed by atoms with Gasteiger partial charge in [-0.25, -0.2) is 8.78 Å². The van der Waals surface area contributed by atoms with Gasteiger partial charge in [0.1, 0.15) is 11.6 Å². The largest absolute Gasteiger partial charge is 0.315 e. The Morgan fingerprint density at radius 1 is 1.21 bits per heavy atom. The molecule has 0 atom stereocenters. The summed E-state index contributed by atoms with van der Waals surface area (Å²) in [5, 5.41) is 10.0. The lowest BCUT2D eigenvalue weighted by molar-refractivity contribution is -0.118. The summed E-state index contributed by atoms with van der Waals surface area (Å²) in [6, 6.07) is 8.11. The first kappa shape index (κ1) is 20.6. The SMILES string of the molecule is CCCN1C(=O)CCc2cc(NSN(O)Cc3cc(F)c(C)c(F)c3)ccc21. The lowest BCUT2D eigenvalue weighted by atomic mass is 10.0. The highest BCUT2D eigenvalue weighted by molar-refractivity contribution is 7.98. The summed E-state index contributed by atoms with van der Waals surface area (Å²) in [6.45, 7) is 4.06. The van der Waals surface area contributed by atoms with Crippen molar-refractivity contribution in [1.29, 1.82) is 0 Å². The van der Waals surface area contributed by atoms with Crippen LogP contribution in [0.25, 0.3) is 0 Å². The highest BCUT2D eigenvalue weighted by atomic mass is 32.2. The first-order valence-electron chi connectivity index (χ1n) is 9.16. The second kappa shape index (κ2) is 8.89. The van der Waals surface area contributed by atoms with Crippen LogP contribution < -0.4 is 9.62 Å². The third kappa shape index (κ3) is 4.63. The maximum Gasteiger partial charge on any atom is 0.227 e. The number of benzene rings is 2. The van der Waals surface area contributed by atoms with Gasteiger partial charge < -0.3 is 14.8 Å². The number of anilines is 2. The summed E-state index contributed by atoms with van der Waals surface area (Å²) in [5.74, 6) is -1.13. The monoisotopic (exact) mass is 407 g/mol. The molecule has 0 saturated heterocycles. The van der Waals surface area contributed by atoms with E-state index in [0.717, 1.165) is 40.0 Å². The molecule has 2 aromatic carbocycles. The zero-order valence-electron chi connectivity index (χ0n) is 15.8. The third-order valence-corrected chi connectivity index (χ3v) is 5.32. The highest BCUT2D eigenvalue weighted by Gasteiger charge is 2.23. The molecule has 0 radical (unpaired) electrons. The number of rotatable bonds is 7. The van der Waals surface area contributed by atoms with Crippen molar-refractivity contribution in [3.05, 3.63) is 58.7 Å². The van der Waals surface area contributed by atoms with E-state index in [4.69, 9.17) is 0 Å². The van der Waals surface area contributed by atoms with Gasteiger partial charge in [0.25, 0.3) is 0 Å². The molecule has 2 N–H and O–H groups in total. The summed E-state index contributed by atoms with van der Waals surface area (Å²) in [6.07, 6.45) is 2.06. The van der Waals surface area contributed by atoms with E-state index in [1.807, 2.05) is 30.0 Å². The van der Waals surface area contributed by atoms with E-state index in [2.05, 4.69) is 4.72 Å². The minimum atomic E-state index is -0.637. The number of hydroxylamine groups is 1. The molecule has 3 rings (SSSR count). The Morgan fingerprint density at radius 3 is 2.61 bits per heavy atom. The summed E-state index contributed by atoms with van der Waals surface area (Å²) < 4.78 is 31.1. The van der Waals surface area contributed by atoms with E-state index in [9.17, 15) is 18.8 Å². The highest BCUT2D eigenvalue weighted by Crippen LogP contribution is 2.31. The Kier molecular flexibility index (Phi) is 6.53. The molecular formula is C20H23F2N3O2S. The van der Waals surface area contributed by atoms with Crippen molar-refractivity contribution in [2.45, 2.75) is 39.7 Å². The number of carbonyl (C=O) groups excluding carboxylic acids is 1. The van der Waals surface area contributed by atoms with Crippen LogP contribution in [0.3, 0.4) is 0 Å². The zero-order valence-corrected chi connectivity index (χ0v) is 16.7. The van der Waals surface area contributed by atoms with E-state index in [-0.39, 0.29) is 18.0 Å². The van der Waals surface area contributed by atoms with Crippen molar-refractivity contribution in [2.75, 3.05) is 16.2 Å². The van der Waals surface area contributed by atoms with Crippen molar-refractivity contribution in [3.63, 3.8) is 0 Å². The molecule has 2 aromatic rings. The molecule has 0 saturated carbocycles. The van der Waals surface area contributed by atoms with E-state index in [0.29, 0.717) is 24.9 Å². The number of hydrogen-bond acceptors (Lipinski definition) is 5. The molecule has 0 aromatic heterocycles. The third-order valence-electron chi connectivity index (χ3n) is 4.65. The van der Waals surface area contributed by atoms with Crippen LogP contribution in [-0.2, 0) is 17.8 Å². The summed E-state index contributed by atoms with van der Waals surface area (Å²) >= 11 is 0.916. The predicted octanol–water partition coefficient (Wildman–Crippen LogP) is 4.83. The van der Waals surface area contributed by atoms with Gasteiger partial charge in [-0.15, -0.1) is 4.47 Å². The predicted molar refractivity (Wildman–Crippen MR) is 107 cm³/mol. The molecule has 1 aliphatic heterocycles. The molecule has 1 heterocycles. The second-order valence-electron chi connectivity index (χ2n) is 6.78. The van der Waals surface area contributed by atoms with Gasteiger partial charge in [0, 0.05) is 29.9 Å². The Bertz CT molecular complexity index is 856. The molecule has 8 heteroatoms. The van der Waals surface area contributed by atoms with Crippen LogP contribution in [0.1, 0.15) is 36.5 Å². The normalized spacial score (nSPS) is 13.8. The number of halogens is 2. The number of hydrogen-bond donors (Lipinski definition) is 2. The maximum absolute atomic E-state index is 13.6. The van der Waals surface area contributed by atoms with E-state index in [1.54, 1.807) is 0 Å². The van der Waals surface area contributed by atoms with Gasteiger partial charge in [0.15, 0.2) is 0 Å². The fraction of sp³-hybridized carbons (Fsp3) is 0.350. The number of fused-ring (bicyclic) bond motifs is 1. The first-order valence-corrected chi connectivity index (χ1v) is 9.93. The van der Waals surface area contributed by atoms with Crippen LogP contribution in [0.4, 0.5) is 20.2 Å². The minimum absolute atomic E-state index is 0.0383. The van der Waals surface area contributed by atoms with Gasteiger partial charge in [-0.2, -0.15) is 0 Å². The summed E-state index contributed by atoms with van der Waals surface area (Å²) in [4.78, 5) is 13.9. The van der Waals surface area contributed by atoms with E-state index in [1.165, 1.54) is 19.1 Å². The van der Waals surface area contributed by atoms with Gasteiger partial charge in [0.05, 0.1) is 18.7 Å². The topological polar surface area (TPSA) is 55.8 Å². The van der Waals surface area contributed by atoms with Crippen LogP contribution in [-0.4, -0.2) is 22.1 Å². The zero-order chi connectivity index (χ0) is 20.3. The van der Waals surface area contributed by atoms with Gasteiger partial charge in [-0.1, -0.05) is 6.92 Å². The Balaban J connectivity index is 1.63. The number of amides is 1. The molecule has 150 valence electrons. The van der Waals surface area contributed by atoms with Crippen molar-refractivity contribution in [1.82, 2.24) is 4.47 Å². The first-order chi connectivity index (χ1) is 13.4. The minimum Gasteiger partial charge on any atom is -0.315 e. The van der Waals surface area contributed by atoms with E-state index >= 15 is 0 Å². The smallest absolute Gasteiger partial charge is 0.227 e. The Hall–Kier alpha value is -2.16. The summed E-state index contributed by atoms with van der Waals surface area (Å²) in [7, 11) is 0. The van der Waals surface area contributed by atoms with Crippen LogP contribution in [0.15, 0.2) is 30.3 Å². The van der Waals surface area contributed by atoms with Gasteiger partial charge >= 0.3 is 0 Å². The molecule has 0 unspecified atom stereocenters. The van der Waals surface area contributed by atoms with Crippen molar-refractivity contribution in [2.24, 2.45) is 0 Å². The van der Waals surface area contributed by atoms with Gasteiger partial charge in [-0.05, 0) is 61.2 Å². The average Bonchev–Trinajstić information content (AvgIpc) is 2.66. The van der Waals surface area contributed by atoms with Crippen LogP contribution in [0.5, 0.6) is 0 Å². The van der Waals surface area contributed by atoms with Crippen LogP contribution >= 0.6 is 12.1 Å². The Labute approximate surface area is 167 Å². The van der Waals surface area contributed by atoms with Crippen molar-refractivity contribution >= 4 is 29.4 Å². The molecule has 0 aliphatic carbocycles. The van der Waals surface area contributed by atoms with Gasteiger partial charge in [-0.3, -0.25) is 4.79 Å². The molecule has 28 heavy (non-hydrogen) atoms. The number of nitrogens with zero attached hydrogens (tertiary/aromatic N) is 2. The second-order valence-corrected chi connectivity index (χ2v) is 7.59. The molecule has 0 spiro atoms. The molecule has 1 amide bonds. The van der Waals surface area contributed by atoms with Gasteiger partial charge in [0.2, 0.25) is 5.91 Å². The van der Waals surface area contributed by atoms with Crippen molar-refractivity contribution < 1.29 is 18.8 Å². The number of nitrogens with one attached hydrogen (secondary N) is 1. The molecule has 5 nitrogen and oxygen atoms in total. The molecule has 0 bridgehead atoms. The van der Waals surface area contributed by atoms with Crippen LogP contribution in [0, 0.1) is 18.6 Å². The van der Waals surface area contributed by atoms with Crippen molar-refractivity contribution in [3.8, 4) is 0 Å². The van der Waals surface area contributed by atoms with E-state index < -0.39 is 11.6 Å². The van der Waals surface area contributed by atoms with Crippen LogP contribution in [0.2, 0.25) is 0 Å². The molecule has 0 fully saturated rings. The number of aryl methyl sites for hydroxylation is 1. The maximum atomic E-state index is 13.6. The fourth-order valence-corrected chi connectivity index (χ4v) is 3.73. The average molecular weight is 407 g/mol. The Morgan fingerprint density at radius 2 is 1.93 bits per heavy atom. The summed E-state index contributed by atoms with van der Waals surface area (Å²) in [5.41, 5.74) is 3.07. The lowest BCUT2D eigenvalue weighted by Crippen LogP contribution is -2.35. The molecular weight excluding hydrogens is 384 g/mol.